The quantitative estimate of drug-likeness (QED) is 0.404. The first kappa shape index (κ1) is 5.69. The molecule has 1 aliphatic rings. The van der Waals surface area contributed by atoms with Gasteiger partial charge >= 0.3 is 0 Å². The first-order valence-corrected chi connectivity index (χ1v) is 2.84. The second kappa shape index (κ2) is 2.22. The van der Waals surface area contributed by atoms with Crippen LogP contribution in [0.2, 0.25) is 0 Å². The zero-order valence-electron chi connectivity index (χ0n) is 4.35. The van der Waals surface area contributed by atoms with Crippen LogP contribution < -0.4 is 0 Å². The van der Waals surface area contributed by atoms with Crippen molar-refractivity contribution in [3.63, 3.8) is 0 Å². The number of thiol groups is 1. The molecule has 1 aliphatic heterocycles. The van der Waals surface area contributed by atoms with Crippen molar-refractivity contribution in [1.29, 1.82) is 5.41 Å². The van der Waals surface area contributed by atoms with Crippen molar-refractivity contribution >= 4 is 18.8 Å². The summed E-state index contributed by atoms with van der Waals surface area (Å²) >= 11 is 3.97. The van der Waals surface area contributed by atoms with Crippen molar-refractivity contribution in [3.05, 3.63) is 10.7 Å². The van der Waals surface area contributed by atoms with E-state index in [0.717, 1.165) is 12.0 Å². The Bertz CT molecular complexity index is 141. The molecule has 0 radical (unpaired) electrons. The zero-order chi connectivity index (χ0) is 5.98. The lowest BCUT2D eigenvalue weighted by molar-refractivity contribution is 0.272. The van der Waals surface area contributed by atoms with Crippen molar-refractivity contribution in [2.24, 2.45) is 0 Å². The van der Waals surface area contributed by atoms with Gasteiger partial charge in [0.25, 0.3) is 0 Å². The first-order valence-electron chi connectivity index (χ1n) is 2.40. The third-order valence-corrected chi connectivity index (χ3v) is 1.48. The van der Waals surface area contributed by atoms with Gasteiger partial charge in [-0.25, -0.2) is 0 Å². The molecule has 3 heteroatoms. The average Bonchev–Trinajstić information content (AvgIpc) is 2.14. The first-order chi connectivity index (χ1) is 3.84. The van der Waals surface area contributed by atoms with Crippen LogP contribution in [-0.2, 0) is 4.74 Å². The number of hydrogen-bond acceptors (Lipinski definition) is 3. The normalized spacial score (nSPS) is 18.6. The maximum absolute atomic E-state index is 6.82. The minimum atomic E-state index is 0.611. The van der Waals surface area contributed by atoms with E-state index in [2.05, 4.69) is 12.6 Å². The van der Waals surface area contributed by atoms with Gasteiger partial charge in [0.1, 0.15) is 0 Å². The van der Waals surface area contributed by atoms with Gasteiger partial charge < -0.3 is 10.1 Å². The van der Waals surface area contributed by atoms with Crippen molar-refractivity contribution in [1.82, 2.24) is 0 Å². The second-order valence-corrected chi connectivity index (χ2v) is 1.98. The van der Waals surface area contributed by atoms with Gasteiger partial charge in [-0.3, -0.25) is 0 Å². The van der Waals surface area contributed by atoms with Gasteiger partial charge in [0.2, 0.25) is 0 Å². The Kier molecular flexibility index (Phi) is 1.58. The Balaban J connectivity index is 2.72. The molecular formula is C5H7NOS. The minimum Gasteiger partial charge on any atom is -0.487 e. The van der Waals surface area contributed by atoms with Crippen LogP contribution in [0.5, 0.6) is 0 Å². The fraction of sp³-hybridized carbons (Fsp3) is 0.400. The summed E-state index contributed by atoms with van der Waals surface area (Å²) in [5.74, 6) is 0. The highest BCUT2D eigenvalue weighted by atomic mass is 32.1. The van der Waals surface area contributed by atoms with E-state index in [1.807, 2.05) is 0 Å². The third kappa shape index (κ3) is 0.865. The predicted molar refractivity (Wildman–Crippen MR) is 35.4 cm³/mol. The van der Waals surface area contributed by atoms with Crippen molar-refractivity contribution < 1.29 is 4.74 Å². The molecular weight excluding hydrogens is 122 g/mol. The monoisotopic (exact) mass is 129 g/mol. The van der Waals surface area contributed by atoms with Crippen molar-refractivity contribution in [2.75, 3.05) is 6.61 Å². The molecule has 0 saturated carbocycles. The summed E-state index contributed by atoms with van der Waals surface area (Å²) in [5.41, 5.74) is 0.897. The summed E-state index contributed by atoms with van der Waals surface area (Å²) < 4.78 is 4.95. The van der Waals surface area contributed by atoms with E-state index in [9.17, 15) is 0 Å². The predicted octanol–water partition coefficient (Wildman–Crippen LogP) is 1.20. The van der Waals surface area contributed by atoms with E-state index in [0.29, 0.717) is 11.7 Å². The lowest BCUT2D eigenvalue weighted by atomic mass is 10.3. The number of rotatable bonds is 1. The summed E-state index contributed by atoms with van der Waals surface area (Å²) in [7, 11) is 0. The van der Waals surface area contributed by atoms with Gasteiger partial charge in [0, 0.05) is 18.2 Å². The molecule has 1 heterocycles. The number of hydrogen-bond donors (Lipinski definition) is 2. The molecule has 0 saturated heterocycles. The summed E-state index contributed by atoms with van der Waals surface area (Å²) in [6.07, 6.45) is 2.12. The molecule has 8 heavy (non-hydrogen) atoms. The number of nitrogens with one attached hydrogen (secondary N) is 1. The average molecular weight is 129 g/mol. The Labute approximate surface area is 53.5 Å². The third-order valence-electron chi connectivity index (χ3n) is 1.06. The van der Waals surface area contributed by atoms with Crippen molar-refractivity contribution in [3.8, 4) is 0 Å². The number of ether oxygens (including phenoxy) is 1. The SMILES string of the molecule is N=CC1=C(S)OCC1. The van der Waals surface area contributed by atoms with E-state index in [1.165, 1.54) is 6.21 Å². The lowest BCUT2D eigenvalue weighted by Crippen LogP contribution is -1.77. The van der Waals surface area contributed by atoms with Gasteiger partial charge in [-0.15, -0.1) is 12.6 Å². The molecule has 0 atom stereocenters. The Morgan fingerprint density at radius 2 is 2.50 bits per heavy atom. The van der Waals surface area contributed by atoms with E-state index in [-0.39, 0.29) is 0 Å². The molecule has 0 unspecified atom stereocenters. The zero-order valence-corrected chi connectivity index (χ0v) is 5.24. The molecule has 0 aliphatic carbocycles. The maximum atomic E-state index is 6.82. The topological polar surface area (TPSA) is 33.1 Å². The van der Waals surface area contributed by atoms with Crippen LogP contribution in [0.4, 0.5) is 0 Å². The van der Waals surface area contributed by atoms with Gasteiger partial charge in [0.15, 0.2) is 5.09 Å². The van der Waals surface area contributed by atoms with Crippen LogP contribution in [0.25, 0.3) is 0 Å². The molecule has 0 aromatic heterocycles. The van der Waals surface area contributed by atoms with E-state index < -0.39 is 0 Å². The fourth-order valence-electron chi connectivity index (χ4n) is 0.591. The van der Waals surface area contributed by atoms with Crippen LogP contribution in [-0.4, -0.2) is 12.8 Å². The van der Waals surface area contributed by atoms with E-state index in [4.69, 9.17) is 10.1 Å². The van der Waals surface area contributed by atoms with E-state index >= 15 is 0 Å². The molecule has 1 N–H and O–H groups in total. The van der Waals surface area contributed by atoms with Crippen molar-refractivity contribution in [2.45, 2.75) is 6.42 Å². The van der Waals surface area contributed by atoms with E-state index in [1.54, 1.807) is 0 Å². The fourth-order valence-corrected chi connectivity index (χ4v) is 0.859. The van der Waals surface area contributed by atoms with Gasteiger partial charge in [-0.1, -0.05) is 0 Å². The van der Waals surface area contributed by atoms with Gasteiger partial charge in [-0.2, -0.15) is 0 Å². The molecule has 44 valence electrons. The highest BCUT2D eigenvalue weighted by molar-refractivity contribution is 7.84. The molecule has 0 spiro atoms. The van der Waals surface area contributed by atoms with Crippen LogP contribution >= 0.6 is 12.6 Å². The molecule has 1 rings (SSSR count). The summed E-state index contributed by atoms with van der Waals surface area (Å²) in [4.78, 5) is 0. The standard InChI is InChI=1S/C5H7NOS/c6-3-4-1-2-7-5(4)8/h3,6,8H,1-2H2. The smallest absolute Gasteiger partial charge is 0.155 e. The summed E-state index contributed by atoms with van der Waals surface area (Å²) in [5, 5.41) is 7.43. The Morgan fingerprint density at radius 3 is 2.75 bits per heavy atom. The van der Waals surface area contributed by atoms with Crippen LogP contribution in [0.3, 0.4) is 0 Å². The molecule has 0 bridgehead atoms. The summed E-state index contributed by atoms with van der Waals surface area (Å²) in [6, 6.07) is 0. The molecule has 0 fully saturated rings. The van der Waals surface area contributed by atoms with Crippen LogP contribution in [0.1, 0.15) is 6.42 Å². The molecule has 2 nitrogen and oxygen atoms in total. The highest BCUT2D eigenvalue weighted by Gasteiger charge is 2.08. The minimum absolute atomic E-state index is 0.611. The largest absolute Gasteiger partial charge is 0.487 e. The van der Waals surface area contributed by atoms with Gasteiger partial charge in [0.05, 0.1) is 6.61 Å². The molecule has 0 amide bonds. The Morgan fingerprint density at radius 1 is 1.75 bits per heavy atom. The molecule has 0 aromatic carbocycles. The maximum Gasteiger partial charge on any atom is 0.155 e. The second-order valence-electron chi connectivity index (χ2n) is 1.57. The molecule has 0 aromatic rings. The van der Waals surface area contributed by atoms with Crippen LogP contribution in [0.15, 0.2) is 10.7 Å². The lowest BCUT2D eigenvalue weighted by Gasteiger charge is -1.89. The van der Waals surface area contributed by atoms with Crippen LogP contribution in [0, 0.1) is 5.41 Å². The summed E-state index contributed by atoms with van der Waals surface area (Å²) in [6.45, 7) is 0.684. The Hall–Kier alpha value is -0.440. The van der Waals surface area contributed by atoms with Gasteiger partial charge in [-0.05, 0) is 0 Å². The highest BCUT2D eigenvalue weighted by Crippen LogP contribution is 2.19.